The molecule has 0 aliphatic carbocycles. The molecule has 0 spiro atoms. The topological polar surface area (TPSA) is 69.3 Å². The van der Waals surface area contributed by atoms with Crippen molar-refractivity contribution in [1.82, 2.24) is 10.2 Å². The number of furan rings is 1. The molecule has 0 aromatic carbocycles. The molecule has 20 heavy (non-hydrogen) atoms. The maximum Gasteiger partial charge on any atom is 0.237 e. The number of nitrogens with one attached hydrogen (secondary N) is 1. The van der Waals surface area contributed by atoms with E-state index < -0.39 is 0 Å². The van der Waals surface area contributed by atoms with Crippen LogP contribution >= 0.6 is 0 Å². The first-order chi connectivity index (χ1) is 9.54. The number of nitriles is 1. The van der Waals surface area contributed by atoms with E-state index in [1.54, 1.807) is 12.3 Å². The van der Waals surface area contributed by atoms with Crippen LogP contribution in [-0.2, 0) is 11.3 Å². The van der Waals surface area contributed by atoms with E-state index in [0.29, 0.717) is 25.4 Å². The van der Waals surface area contributed by atoms with Crippen LogP contribution in [0.3, 0.4) is 0 Å². The zero-order valence-electron chi connectivity index (χ0n) is 12.4. The minimum atomic E-state index is -0.249. The van der Waals surface area contributed by atoms with Crippen molar-refractivity contribution in [2.24, 2.45) is 5.92 Å². The fourth-order valence-corrected chi connectivity index (χ4v) is 2.01. The van der Waals surface area contributed by atoms with Crippen molar-refractivity contribution in [2.75, 3.05) is 13.1 Å². The van der Waals surface area contributed by atoms with Gasteiger partial charge in [-0.05, 0) is 25.0 Å². The molecule has 1 aromatic rings. The van der Waals surface area contributed by atoms with Crippen LogP contribution in [0.5, 0.6) is 0 Å². The highest BCUT2D eigenvalue weighted by Gasteiger charge is 2.21. The lowest BCUT2D eigenvalue weighted by Gasteiger charge is -2.28. The van der Waals surface area contributed by atoms with Crippen molar-refractivity contribution in [3.05, 3.63) is 24.2 Å². The molecule has 1 aromatic heterocycles. The highest BCUT2D eigenvalue weighted by atomic mass is 16.3. The van der Waals surface area contributed by atoms with Gasteiger partial charge in [0.05, 0.1) is 24.9 Å². The summed E-state index contributed by atoms with van der Waals surface area (Å²) in [6, 6.07) is 5.50. The van der Waals surface area contributed by atoms with Gasteiger partial charge in [-0.3, -0.25) is 9.69 Å². The smallest absolute Gasteiger partial charge is 0.237 e. The Hall–Kier alpha value is -1.80. The molecule has 0 aliphatic rings. The minimum absolute atomic E-state index is 0.0417. The Labute approximate surface area is 120 Å². The number of hydrogen-bond donors (Lipinski definition) is 1. The molecule has 0 radical (unpaired) electrons. The van der Waals surface area contributed by atoms with Gasteiger partial charge >= 0.3 is 0 Å². The van der Waals surface area contributed by atoms with Crippen molar-refractivity contribution in [3.8, 4) is 6.07 Å². The molecule has 110 valence electrons. The average molecular weight is 277 g/mol. The van der Waals surface area contributed by atoms with Crippen molar-refractivity contribution >= 4 is 5.91 Å². The third kappa shape index (κ3) is 5.45. The van der Waals surface area contributed by atoms with Gasteiger partial charge in [0, 0.05) is 19.5 Å². The summed E-state index contributed by atoms with van der Waals surface area (Å²) in [4.78, 5) is 14.2. The van der Waals surface area contributed by atoms with Crippen LogP contribution in [0.15, 0.2) is 22.8 Å². The molecule has 1 rings (SSSR count). The summed E-state index contributed by atoms with van der Waals surface area (Å²) < 4.78 is 5.18. The zero-order valence-corrected chi connectivity index (χ0v) is 12.4. The van der Waals surface area contributed by atoms with E-state index >= 15 is 0 Å². The van der Waals surface area contributed by atoms with Gasteiger partial charge in [-0.15, -0.1) is 0 Å². The van der Waals surface area contributed by atoms with Crippen LogP contribution in [0, 0.1) is 17.2 Å². The molecule has 1 heterocycles. The molecular formula is C15H23N3O2. The molecule has 0 aliphatic heterocycles. The van der Waals surface area contributed by atoms with Crippen molar-refractivity contribution in [3.63, 3.8) is 0 Å². The highest BCUT2D eigenvalue weighted by molar-refractivity contribution is 5.81. The number of hydrogen-bond acceptors (Lipinski definition) is 4. The van der Waals surface area contributed by atoms with Crippen LogP contribution in [0.4, 0.5) is 0 Å². The van der Waals surface area contributed by atoms with Gasteiger partial charge < -0.3 is 9.73 Å². The summed E-state index contributed by atoms with van der Waals surface area (Å²) in [5, 5.41) is 11.6. The monoisotopic (exact) mass is 277 g/mol. The third-order valence-electron chi connectivity index (χ3n) is 3.05. The second-order valence-corrected chi connectivity index (χ2v) is 5.27. The maximum atomic E-state index is 12.1. The number of carbonyl (C=O) groups is 1. The van der Waals surface area contributed by atoms with Gasteiger partial charge in [-0.1, -0.05) is 13.8 Å². The summed E-state index contributed by atoms with van der Waals surface area (Å²) in [5.74, 6) is 1.15. The predicted molar refractivity (Wildman–Crippen MR) is 76.7 cm³/mol. The van der Waals surface area contributed by atoms with Gasteiger partial charge in [0.25, 0.3) is 0 Å². The van der Waals surface area contributed by atoms with Crippen LogP contribution < -0.4 is 5.32 Å². The molecule has 0 fully saturated rings. The largest absolute Gasteiger partial charge is 0.467 e. The standard InChI is InChI=1S/C15H23N3O2/c1-12(2)11-18(8-5-7-16)13(3)15(19)17-10-14-6-4-9-20-14/h4,6,9,12-13H,5,8,10-11H2,1-3H3,(H,17,19). The first-order valence-electron chi connectivity index (χ1n) is 6.95. The second kappa shape index (κ2) is 8.39. The SMILES string of the molecule is CC(C)CN(CCC#N)C(C)C(=O)NCc1ccco1. The normalized spacial score (nSPS) is 12.4. The molecule has 0 bridgehead atoms. The Bertz CT molecular complexity index is 434. The number of carbonyl (C=O) groups excluding carboxylic acids is 1. The first kappa shape index (κ1) is 16.3. The van der Waals surface area contributed by atoms with Gasteiger partial charge in [0.15, 0.2) is 0 Å². The van der Waals surface area contributed by atoms with Crippen LogP contribution in [-0.4, -0.2) is 29.9 Å². The number of amides is 1. The van der Waals surface area contributed by atoms with E-state index in [9.17, 15) is 4.79 Å². The quantitative estimate of drug-likeness (QED) is 0.790. The van der Waals surface area contributed by atoms with Gasteiger partial charge in [-0.25, -0.2) is 0 Å². The lowest BCUT2D eigenvalue weighted by atomic mass is 10.1. The van der Waals surface area contributed by atoms with Crippen molar-refractivity contribution in [2.45, 2.75) is 39.8 Å². The molecule has 5 heteroatoms. The molecule has 0 saturated carbocycles. The van der Waals surface area contributed by atoms with Gasteiger partial charge in [-0.2, -0.15) is 5.26 Å². The summed E-state index contributed by atoms with van der Waals surface area (Å²) in [6.45, 7) is 7.89. The van der Waals surface area contributed by atoms with Crippen molar-refractivity contribution in [1.29, 1.82) is 5.26 Å². The fraction of sp³-hybridized carbons (Fsp3) is 0.600. The second-order valence-electron chi connectivity index (χ2n) is 5.27. The van der Waals surface area contributed by atoms with E-state index in [1.807, 2.05) is 17.9 Å². The summed E-state index contributed by atoms with van der Waals surface area (Å²) in [5.41, 5.74) is 0. The van der Waals surface area contributed by atoms with E-state index in [2.05, 4.69) is 25.2 Å². The Morgan fingerprint density at radius 1 is 1.50 bits per heavy atom. The Morgan fingerprint density at radius 3 is 2.80 bits per heavy atom. The predicted octanol–water partition coefficient (Wildman–Crippen LogP) is 2.16. The molecule has 1 N–H and O–H groups in total. The third-order valence-corrected chi connectivity index (χ3v) is 3.05. The minimum Gasteiger partial charge on any atom is -0.467 e. The molecular weight excluding hydrogens is 254 g/mol. The first-order valence-corrected chi connectivity index (χ1v) is 6.95. The van der Waals surface area contributed by atoms with Crippen LogP contribution in [0.1, 0.15) is 33.0 Å². The fourth-order valence-electron chi connectivity index (χ4n) is 2.01. The zero-order chi connectivity index (χ0) is 15.0. The lowest BCUT2D eigenvalue weighted by molar-refractivity contribution is -0.126. The Balaban J connectivity index is 2.51. The maximum absolute atomic E-state index is 12.1. The lowest BCUT2D eigenvalue weighted by Crippen LogP contribution is -2.46. The molecule has 1 amide bonds. The van der Waals surface area contributed by atoms with Crippen LogP contribution in [0.2, 0.25) is 0 Å². The van der Waals surface area contributed by atoms with E-state index in [-0.39, 0.29) is 11.9 Å². The molecule has 0 saturated heterocycles. The van der Waals surface area contributed by atoms with E-state index in [4.69, 9.17) is 9.68 Å². The Morgan fingerprint density at radius 2 is 2.25 bits per heavy atom. The van der Waals surface area contributed by atoms with E-state index in [1.165, 1.54) is 0 Å². The average Bonchev–Trinajstić information content (AvgIpc) is 2.92. The number of nitrogens with zero attached hydrogens (tertiary/aromatic N) is 2. The van der Waals surface area contributed by atoms with Gasteiger partial charge in [0.1, 0.15) is 5.76 Å². The summed E-state index contributed by atoms with van der Waals surface area (Å²) in [7, 11) is 0. The summed E-state index contributed by atoms with van der Waals surface area (Å²) in [6.07, 6.45) is 2.02. The Kier molecular flexibility index (Phi) is 6.82. The highest BCUT2D eigenvalue weighted by Crippen LogP contribution is 2.07. The number of rotatable bonds is 8. The molecule has 1 atom stereocenters. The van der Waals surface area contributed by atoms with Crippen LogP contribution in [0.25, 0.3) is 0 Å². The molecule has 5 nitrogen and oxygen atoms in total. The van der Waals surface area contributed by atoms with Crippen molar-refractivity contribution < 1.29 is 9.21 Å². The van der Waals surface area contributed by atoms with E-state index in [0.717, 1.165) is 12.3 Å². The molecule has 1 unspecified atom stereocenters. The summed E-state index contributed by atoms with van der Waals surface area (Å²) >= 11 is 0. The van der Waals surface area contributed by atoms with Gasteiger partial charge in [0.2, 0.25) is 5.91 Å².